The number of amides is 1. The van der Waals surface area contributed by atoms with Crippen molar-refractivity contribution in [2.24, 2.45) is 0 Å². The molecule has 0 aliphatic carbocycles. The standard InChI is InChI=1S/C17H15Cl2NO3S/c18-13-5-3-6-14(8-13)20-16(21)9-23-17(22)11-24-10-12-4-1-2-7-15(12)19/h1-8H,9-11H2,(H,20,21). The molecule has 0 heterocycles. The highest BCUT2D eigenvalue weighted by molar-refractivity contribution is 7.99. The first kappa shape index (κ1) is 18.6. The Labute approximate surface area is 154 Å². The maximum Gasteiger partial charge on any atom is 0.316 e. The average molecular weight is 384 g/mol. The molecule has 1 amide bonds. The van der Waals surface area contributed by atoms with Crippen molar-refractivity contribution < 1.29 is 14.3 Å². The zero-order valence-electron chi connectivity index (χ0n) is 12.6. The molecule has 0 saturated heterocycles. The minimum Gasteiger partial charge on any atom is -0.455 e. The van der Waals surface area contributed by atoms with Crippen LogP contribution in [0.25, 0.3) is 0 Å². The van der Waals surface area contributed by atoms with E-state index in [1.807, 2.05) is 18.2 Å². The number of hydrogen-bond donors (Lipinski definition) is 1. The first-order valence-electron chi connectivity index (χ1n) is 7.07. The predicted molar refractivity (Wildman–Crippen MR) is 98.7 cm³/mol. The first-order chi connectivity index (χ1) is 11.5. The zero-order chi connectivity index (χ0) is 17.4. The number of halogens is 2. The zero-order valence-corrected chi connectivity index (χ0v) is 15.0. The van der Waals surface area contributed by atoms with Gasteiger partial charge in [0, 0.05) is 21.5 Å². The molecule has 126 valence electrons. The van der Waals surface area contributed by atoms with Crippen molar-refractivity contribution in [2.75, 3.05) is 17.7 Å². The summed E-state index contributed by atoms with van der Waals surface area (Å²) in [6.07, 6.45) is 0. The van der Waals surface area contributed by atoms with E-state index in [2.05, 4.69) is 5.32 Å². The van der Waals surface area contributed by atoms with Crippen LogP contribution in [0.4, 0.5) is 5.69 Å². The van der Waals surface area contributed by atoms with Gasteiger partial charge in [-0.25, -0.2) is 0 Å². The van der Waals surface area contributed by atoms with Gasteiger partial charge in [-0.15, -0.1) is 11.8 Å². The number of carbonyl (C=O) groups is 2. The number of rotatable bonds is 7. The summed E-state index contributed by atoms with van der Waals surface area (Å²) in [5.74, 6) is -0.117. The minimum absolute atomic E-state index is 0.148. The number of ether oxygens (including phenoxy) is 1. The summed E-state index contributed by atoms with van der Waals surface area (Å²) in [5, 5.41) is 3.78. The molecule has 0 bridgehead atoms. The van der Waals surface area contributed by atoms with Gasteiger partial charge in [0.15, 0.2) is 6.61 Å². The van der Waals surface area contributed by atoms with Gasteiger partial charge in [-0.2, -0.15) is 0 Å². The highest BCUT2D eigenvalue weighted by atomic mass is 35.5. The van der Waals surface area contributed by atoms with Crippen molar-refractivity contribution >= 4 is 52.5 Å². The molecule has 4 nitrogen and oxygen atoms in total. The van der Waals surface area contributed by atoms with Crippen LogP contribution in [0.15, 0.2) is 48.5 Å². The molecule has 0 aliphatic rings. The quantitative estimate of drug-likeness (QED) is 0.719. The smallest absolute Gasteiger partial charge is 0.316 e. The van der Waals surface area contributed by atoms with Crippen LogP contribution in [0.1, 0.15) is 5.56 Å². The fourth-order valence-electron chi connectivity index (χ4n) is 1.81. The summed E-state index contributed by atoms with van der Waals surface area (Å²) in [7, 11) is 0. The highest BCUT2D eigenvalue weighted by Crippen LogP contribution is 2.20. The third-order valence-electron chi connectivity index (χ3n) is 2.91. The van der Waals surface area contributed by atoms with E-state index >= 15 is 0 Å². The van der Waals surface area contributed by atoms with Crippen LogP contribution in [-0.4, -0.2) is 24.2 Å². The van der Waals surface area contributed by atoms with Gasteiger partial charge in [-0.1, -0.05) is 47.5 Å². The first-order valence-corrected chi connectivity index (χ1v) is 8.98. The summed E-state index contributed by atoms with van der Waals surface area (Å²) < 4.78 is 4.94. The van der Waals surface area contributed by atoms with Gasteiger partial charge in [0.25, 0.3) is 5.91 Å². The molecule has 7 heteroatoms. The SMILES string of the molecule is O=C(COC(=O)CSCc1ccccc1Cl)Nc1cccc(Cl)c1. The third kappa shape index (κ3) is 6.43. The number of hydrogen-bond acceptors (Lipinski definition) is 4. The molecule has 0 aromatic heterocycles. The maximum atomic E-state index is 11.7. The second-order valence-electron chi connectivity index (χ2n) is 4.80. The molecule has 2 aromatic rings. The van der Waals surface area contributed by atoms with Crippen LogP contribution >= 0.6 is 35.0 Å². The van der Waals surface area contributed by atoms with E-state index < -0.39 is 11.9 Å². The Bertz CT molecular complexity index is 724. The van der Waals surface area contributed by atoms with E-state index in [9.17, 15) is 9.59 Å². The lowest BCUT2D eigenvalue weighted by atomic mass is 10.2. The lowest BCUT2D eigenvalue weighted by molar-refractivity contribution is -0.144. The molecule has 2 aromatic carbocycles. The Kier molecular flexibility index (Phi) is 7.43. The highest BCUT2D eigenvalue weighted by Gasteiger charge is 2.09. The van der Waals surface area contributed by atoms with Gasteiger partial charge in [-0.3, -0.25) is 9.59 Å². The van der Waals surface area contributed by atoms with Crippen LogP contribution in [-0.2, 0) is 20.1 Å². The largest absolute Gasteiger partial charge is 0.455 e. The van der Waals surface area contributed by atoms with Crippen molar-refractivity contribution in [3.05, 3.63) is 64.1 Å². The molecule has 24 heavy (non-hydrogen) atoms. The minimum atomic E-state index is -0.451. The molecule has 0 atom stereocenters. The summed E-state index contributed by atoms with van der Waals surface area (Å²) >= 11 is 13.2. The Morgan fingerprint density at radius 2 is 1.88 bits per heavy atom. The number of benzene rings is 2. The lowest BCUT2D eigenvalue weighted by Gasteiger charge is -2.07. The Morgan fingerprint density at radius 3 is 2.62 bits per heavy atom. The van der Waals surface area contributed by atoms with Gasteiger partial charge in [0.2, 0.25) is 0 Å². The molecule has 2 rings (SSSR count). The molecule has 0 spiro atoms. The Hall–Kier alpha value is -1.69. The van der Waals surface area contributed by atoms with Crippen molar-refractivity contribution in [2.45, 2.75) is 5.75 Å². The molecular formula is C17H15Cl2NO3S. The monoisotopic (exact) mass is 383 g/mol. The molecule has 0 unspecified atom stereocenters. The summed E-state index contributed by atoms with van der Waals surface area (Å²) in [4.78, 5) is 23.4. The normalized spacial score (nSPS) is 10.2. The van der Waals surface area contributed by atoms with Gasteiger partial charge in [0.05, 0.1) is 5.75 Å². The molecule has 0 radical (unpaired) electrons. The fraction of sp³-hybridized carbons (Fsp3) is 0.176. The second kappa shape index (κ2) is 9.57. The second-order valence-corrected chi connectivity index (χ2v) is 6.63. The number of thioether (sulfide) groups is 1. The van der Waals surface area contributed by atoms with Crippen LogP contribution < -0.4 is 5.32 Å². The topological polar surface area (TPSA) is 55.4 Å². The third-order valence-corrected chi connectivity index (χ3v) is 4.47. The number of nitrogens with one attached hydrogen (secondary N) is 1. The van der Waals surface area contributed by atoms with Crippen LogP contribution in [0.3, 0.4) is 0 Å². The van der Waals surface area contributed by atoms with Crippen molar-refractivity contribution in [3.8, 4) is 0 Å². The number of anilines is 1. The van der Waals surface area contributed by atoms with E-state index in [0.29, 0.717) is 21.5 Å². The van der Waals surface area contributed by atoms with Gasteiger partial charge < -0.3 is 10.1 Å². The lowest BCUT2D eigenvalue weighted by Crippen LogP contribution is -2.21. The van der Waals surface area contributed by atoms with Crippen molar-refractivity contribution in [3.63, 3.8) is 0 Å². The Morgan fingerprint density at radius 1 is 1.08 bits per heavy atom. The number of esters is 1. The molecule has 0 saturated carbocycles. The summed E-state index contributed by atoms with van der Waals surface area (Å²) in [6.45, 7) is -0.335. The molecule has 1 N–H and O–H groups in total. The molecule has 0 fully saturated rings. The van der Waals surface area contributed by atoms with E-state index in [-0.39, 0.29) is 12.4 Å². The summed E-state index contributed by atoms with van der Waals surface area (Å²) in [5.41, 5.74) is 1.51. The summed E-state index contributed by atoms with van der Waals surface area (Å²) in [6, 6.07) is 14.2. The van der Waals surface area contributed by atoms with Gasteiger partial charge in [0.1, 0.15) is 0 Å². The molecular weight excluding hydrogens is 369 g/mol. The van der Waals surface area contributed by atoms with E-state index in [4.69, 9.17) is 27.9 Å². The van der Waals surface area contributed by atoms with E-state index in [1.54, 1.807) is 30.3 Å². The van der Waals surface area contributed by atoms with Crippen molar-refractivity contribution in [1.82, 2.24) is 0 Å². The number of carbonyl (C=O) groups excluding carboxylic acids is 2. The van der Waals surface area contributed by atoms with Crippen LogP contribution in [0, 0.1) is 0 Å². The van der Waals surface area contributed by atoms with Gasteiger partial charge in [-0.05, 0) is 29.8 Å². The fourth-order valence-corrected chi connectivity index (χ4v) is 3.11. The predicted octanol–water partition coefficient (Wildman–Crippen LogP) is 4.41. The van der Waals surface area contributed by atoms with Crippen molar-refractivity contribution in [1.29, 1.82) is 0 Å². The van der Waals surface area contributed by atoms with Crippen LogP contribution in [0.5, 0.6) is 0 Å². The Balaban J connectivity index is 1.67. The van der Waals surface area contributed by atoms with E-state index in [0.717, 1.165) is 5.56 Å². The van der Waals surface area contributed by atoms with Crippen LogP contribution in [0.2, 0.25) is 10.0 Å². The maximum absolute atomic E-state index is 11.7. The van der Waals surface area contributed by atoms with Gasteiger partial charge >= 0.3 is 5.97 Å². The molecule has 0 aliphatic heterocycles. The average Bonchev–Trinajstić information content (AvgIpc) is 2.55. The van der Waals surface area contributed by atoms with E-state index in [1.165, 1.54) is 11.8 Å².